The van der Waals surface area contributed by atoms with Gasteiger partial charge in [-0.3, -0.25) is 4.90 Å². The Hall–Kier alpha value is -2.12. The van der Waals surface area contributed by atoms with Crippen molar-refractivity contribution in [1.29, 1.82) is 0 Å². The second-order valence-electron chi connectivity index (χ2n) is 4.72. The van der Waals surface area contributed by atoms with Gasteiger partial charge in [0.25, 0.3) is 0 Å². The fraction of sp³-hybridized carbons (Fsp3) is 0.429. The number of morpholine rings is 1. The summed E-state index contributed by atoms with van der Waals surface area (Å²) in [7, 11) is 0. The Morgan fingerprint density at radius 1 is 1.19 bits per heavy atom. The SMILES string of the molecule is O=C(NCCN1CCOCC1)Nc1ccc(C(=O)O)cc1. The molecule has 1 aliphatic rings. The number of rotatable bonds is 5. The lowest BCUT2D eigenvalue weighted by atomic mass is 10.2. The van der Waals surface area contributed by atoms with Gasteiger partial charge in [0.2, 0.25) is 0 Å². The first-order valence-corrected chi connectivity index (χ1v) is 6.83. The number of hydrogen-bond acceptors (Lipinski definition) is 4. The zero-order chi connectivity index (χ0) is 15.1. The molecule has 1 aromatic carbocycles. The molecule has 1 saturated heterocycles. The quantitative estimate of drug-likeness (QED) is 0.748. The standard InChI is InChI=1S/C14H19N3O4/c18-13(19)11-1-3-12(4-2-11)16-14(20)15-5-6-17-7-9-21-10-8-17/h1-4H,5-10H2,(H,18,19)(H2,15,16,20). The van der Waals surface area contributed by atoms with E-state index in [1.807, 2.05) is 0 Å². The smallest absolute Gasteiger partial charge is 0.335 e. The van der Waals surface area contributed by atoms with Crippen molar-refractivity contribution in [3.8, 4) is 0 Å². The van der Waals surface area contributed by atoms with Crippen LogP contribution in [-0.4, -0.2) is 61.4 Å². The molecule has 1 heterocycles. The Bertz CT molecular complexity index is 483. The van der Waals surface area contributed by atoms with Gasteiger partial charge in [0, 0.05) is 31.9 Å². The summed E-state index contributed by atoms with van der Waals surface area (Å²) in [6, 6.07) is 5.72. The highest BCUT2D eigenvalue weighted by Gasteiger charge is 2.10. The molecule has 1 fully saturated rings. The molecule has 0 radical (unpaired) electrons. The molecule has 3 N–H and O–H groups in total. The highest BCUT2D eigenvalue weighted by atomic mass is 16.5. The highest BCUT2D eigenvalue weighted by Crippen LogP contribution is 2.09. The number of carboxylic acid groups (broad SMARTS) is 1. The fourth-order valence-electron chi connectivity index (χ4n) is 2.02. The minimum Gasteiger partial charge on any atom is -0.478 e. The molecule has 0 aliphatic carbocycles. The van der Waals surface area contributed by atoms with Gasteiger partial charge in [-0.05, 0) is 24.3 Å². The van der Waals surface area contributed by atoms with Gasteiger partial charge < -0.3 is 20.5 Å². The molecular weight excluding hydrogens is 274 g/mol. The lowest BCUT2D eigenvalue weighted by molar-refractivity contribution is 0.0388. The third kappa shape index (κ3) is 5.05. The van der Waals surface area contributed by atoms with E-state index in [2.05, 4.69) is 15.5 Å². The molecule has 114 valence electrons. The number of carboxylic acids is 1. The van der Waals surface area contributed by atoms with E-state index in [0.717, 1.165) is 32.8 Å². The van der Waals surface area contributed by atoms with Crippen LogP contribution in [0.25, 0.3) is 0 Å². The maximum absolute atomic E-state index is 11.7. The summed E-state index contributed by atoms with van der Waals surface area (Å²) in [6.07, 6.45) is 0. The van der Waals surface area contributed by atoms with Crippen LogP contribution in [-0.2, 0) is 4.74 Å². The molecule has 7 nitrogen and oxygen atoms in total. The first kappa shape index (κ1) is 15.3. The number of amides is 2. The van der Waals surface area contributed by atoms with Crippen molar-refractivity contribution in [2.75, 3.05) is 44.7 Å². The van der Waals surface area contributed by atoms with E-state index in [1.165, 1.54) is 12.1 Å². The first-order valence-electron chi connectivity index (χ1n) is 6.83. The molecule has 2 rings (SSSR count). The average Bonchev–Trinajstić information content (AvgIpc) is 2.49. The number of nitrogens with zero attached hydrogens (tertiary/aromatic N) is 1. The number of carbonyl (C=O) groups is 2. The molecule has 1 aromatic rings. The fourth-order valence-corrected chi connectivity index (χ4v) is 2.02. The number of aromatic carboxylic acids is 1. The number of urea groups is 1. The summed E-state index contributed by atoms with van der Waals surface area (Å²) < 4.78 is 5.25. The molecule has 0 aromatic heterocycles. The molecule has 0 atom stereocenters. The Labute approximate surface area is 122 Å². The monoisotopic (exact) mass is 293 g/mol. The van der Waals surface area contributed by atoms with Crippen molar-refractivity contribution >= 4 is 17.7 Å². The summed E-state index contributed by atoms with van der Waals surface area (Å²) >= 11 is 0. The molecule has 0 saturated carbocycles. The van der Waals surface area contributed by atoms with Gasteiger partial charge in [-0.15, -0.1) is 0 Å². The van der Waals surface area contributed by atoms with Gasteiger partial charge >= 0.3 is 12.0 Å². The van der Waals surface area contributed by atoms with Crippen LogP contribution in [0.1, 0.15) is 10.4 Å². The van der Waals surface area contributed by atoms with Crippen LogP contribution in [0.4, 0.5) is 10.5 Å². The molecule has 21 heavy (non-hydrogen) atoms. The predicted molar refractivity (Wildman–Crippen MR) is 77.7 cm³/mol. The van der Waals surface area contributed by atoms with E-state index >= 15 is 0 Å². The highest BCUT2D eigenvalue weighted by molar-refractivity contribution is 5.91. The van der Waals surface area contributed by atoms with Gasteiger partial charge in [0.05, 0.1) is 18.8 Å². The van der Waals surface area contributed by atoms with E-state index in [0.29, 0.717) is 12.2 Å². The van der Waals surface area contributed by atoms with E-state index in [1.54, 1.807) is 12.1 Å². The number of hydrogen-bond donors (Lipinski definition) is 3. The summed E-state index contributed by atoms with van der Waals surface area (Å²) in [6.45, 7) is 4.60. The topological polar surface area (TPSA) is 90.9 Å². The molecule has 0 unspecified atom stereocenters. The van der Waals surface area contributed by atoms with Gasteiger partial charge in [-0.25, -0.2) is 9.59 Å². The van der Waals surface area contributed by atoms with Crippen LogP contribution in [0.2, 0.25) is 0 Å². The summed E-state index contributed by atoms with van der Waals surface area (Å²) in [5.41, 5.74) is 0.747. The Morgan fingerprint density at radius 2 is 1.86 bits per heavy atom. The van der Waals surface area contributed by atoms with Crippen molar-refractivity contribution in [2.24, 2.45) is 0 Å². The van der Waals surface area contributed by atoms with Gasteiger partial charge in [0.1, 0.15) is 0 Å². The maximum Gasteiger partial charge on any atom is 0.335 e. The van der Waals surface area contributed by atoms with Crippen LogP contribution in [0, 0.1) is 0 Å². The van der Waals surface area contributed by atoms with Crippen LogP contribution in [0.15, 0.2) is 24.3 Å². The normalized spacial score (nSPS) is 15.4. The van der Waals surface area contributed by atoms with Gasteiger partial charge in [0.15, 0.2) is 0 Å². The van der Waals surface area contributed by atoms with E-state index in [4.69, 9.17) is 9.84 Å². The Kier molecular flexibility index (Phi) is 5.53. The number of anilines is 1. The zero-order valence-electron chi connectivity index (χ0n) is 11.7. The molecular formula is C14H19N3O4. The largest absolute Gasteiger partial charge is 0.478 e. The number of carbonyl (C=O) groups excluding carboxylic acids is 1. The molecule has 2 amide bonds. The minimum atomic E-state index is -0.989. The number of nitrogens with one attached hydrogen (secondary N) is 2. The minimum absolute atomic E-state index is 0.188. The molecule has 1 aliphatic heterocycles. The van der Waals surface area contributed by atoms with Crippen molar-refractivity contribution < 1.29 is 19.4 Å². The van der Waals surface area contributed by atoms with Crippen molar-refractivity contribution in [3.05, 3.63) is 29.8 Å². The second kappa shape index (κ2) is 7.61. The van der Waals surface area contributed by atoms with E-state index in [-0.39, 0.29) is 11.6 Å². The number of benzene rings is 1. The summed E-state index contributed by atoms with van der Waals surface area (Å²) in [4.78, 5) is 24.6. The summed E-state index contributed by atoms with van der Waals surface area (Å²) in [5.74, 6) is -0.989. The first-order chi connectivity index (χ1) is 10.1. The van der Waals surface area contributed by atoms with Crippen molar-refractivity contribution in [2.45, 2.75) is 0 Å². The van der Waals surface area contributed by atoms with Crippen LogP contribution in [0.3, 0.4) is 0 Å². The average molecular weight is 293 g/mol. The van der Waals surface area contributed by atoms with Crippen molar-refractivity contribution in [3.63, 3.8) is 0 Å². The summed E-state index contributed by atoms with van der Waals surface area (Å²) in [5, 5.41) is 14.2. The van der Waals surface area contributed by atoms with Gasteiger partial charge in [-0.1, -0.05) is 0 Å². The lowest BCUT2D eigenvalue weighted by Crippen LogP contribution is -2.42. The van der Waals surface area contributed by atoms with Crippen LogP contribution >= 0.6 is 0 Å². The molecule has 0 spiro atoms. The second-order valence-corrected chi connectivity index (χ2v) is 4.72. The zero-order valence-corrected chi connectivity index (χ0v) is 11.7. The Balaban J connectivity index is 1.70. The maximum atomic E-state index is 11.7. The van der Waals surface area contributed by atoms with Gasteiger partial charge in [-0.2, -0.15) is 0 Å². The Morgan fingerprint density at radius 3 is 2.48 bits per heavy atom. The van der Waals surface area contributed by atoms with E-state index < -0.39 is 5.97 Å². The van der Waals surface area contributed by atoms with Crippen molar-refractivity contribution in [1.82, 2.24) is 10.2 Å². The number of ether oxygens (including phenoxy) is 1. The third-order valence-corrected chi connectivity index (χ3v) is 3.21. The van der Waals surface area contributed by atoms with Crippen LogP contribution in [0.5, 0.6) is 0 Å². The molecule has 7 heteroatoms. The van der Waals surface area contributed by atoms with Crippen LogP contribution < -0.4 is 10.6 Å². The third-order valence-electron chi connectivity index (χ3n) is 3.21. The predicted octanol–water partition coefficient (Wildman–Crippen LogP) is 0.839. The molecule has 0 bridgehead atoms. The van der Waals surface area contributed by atoms with E-state index in [9.17, 15) is 9.59 Å². The lowest BCUT2D eigenvalue weighted by Gasteiger charge is -2.26.